The molecule has 1 heterocycles. The van der Waals surface area contributed by atoms with Crippen LogP contribution in [0.1, 0.15) is 24.8 Å². The standard InChI is InChI=1S/C14H19BrN2O/c15-12-7-2-1-5-11(12)6-3-9-17-10-4-8-13(17)14(16)18/h1-2,5,7,13H,3-4,6,8-10H2,(H2,16,18)/t13-/m1/s1. The van der Waals surface area contributed by atoms with Crippen molar-refractivity contribution in [3.8, 4) is 0 Å². The number of carbonyl (C=O) groups is 1. The summed E-state index contributed by atoms with van der Waals surface area (Å²) in [5.41, 5.74) is 6.73. The molecule has 1 amide bonds. The Balaban J connectivity index is 1.82. The second-order valence-electron chi connectivity index (χ2n) is 4.79. The Labute approximate surface area is 116 Å². The van der Waals surface area contributed by atoms with Gasteiger partial charge in [0, 0.05) is 4.47 Å². The lowest BCUT2D eigenvalue weighted by molar-refractivity contribution is -0.122. The number of nitrogens with zero attached hydrogens (tertiary/aromatic N) is 1. The van der Waals surface area contributed by atoms with Crippen LogP contribution < -0.4 is 5.73 Å². The third-order valence-electron chi connectivity index (χ3n) is 3.54. The van der Waals surface area contributed by atoms with Crippen molar-refractivity contribution in [1.82, 2.24) is 4.90 Å². The van der Waals surface area contributed by atoms with Crippen LogP contribution in [0.15, 0.2) is 28.7 Å². The monoisotopic (exact) mass is 310 g/mol. The third-order valence-corrected chi connectivity index (χ3v) is 4.31. The lowest BCUT2D eigenvalue weighted by Gasteiger charge is -2.21. The Morgan fingerprint density at radius 2 is 2.22 bits per heavy atom. The van der Waals surface area contributed by atoms with Gasteiger partial charge in [-0.25, -0.2) is 0 Å². The molecule has 0 radical (unpaired) electrons. The fraction of sp³-hybridized carbons (Fsp3) is 0.500. The average Bonchev–Trinajstić information content (AvgIpc) is 2.80. The first kappa shape index (κ1) is 13.6. The zero-order valence-corrected chi connectivity index (χ0v) is 12.0. The summed E-state index contributed by atoms with van der Waals surface area (Å²) >= 11 is 3.56. The van der Waals surface area contributed by atoms with E-state index in [4.69, 9.17) is 5.73 Å². The zero-order valence-electron chi connectivity index (χ0n) is 10.4. The number of hydrogen-bond donors (Lipinski definition) is 1. The molecular formula is C14H19BrN2O. The Hall–Kier alpha value is -0.870. The van der Waals surface area contributed by atoms with E-state index in [2.05, 4.69) is 39.0 Å². The van der Waals surface area contributed by atoms with Crippen molar-refractivity contribution >= 4 is 21.8 Å². The molecule has 2 rings (SSSR count). The van der Waals surface area contributed by atoms with Gasteiger partial charge in [-0.3, -0.25) is 9.69 Å². The molecule has 1 aromatic rings. The van der Waals surface area contributed by atoms with Crippen molar-refractivity contribution in [3.63, 3.8) is 0 Å². The van der Waals surface area contributed by atoms with Crippen LogP contribution >= 0.6 is 15.9 Å². The number of benzene rings is 1. The summed E-state index contributed by atoms with van der Waals surface area (Å²) in [6.07, 6.45) is 4.10. The number of rotatable bonds is 5. The van der Waals surface area contributed by atoms with Gasteiger partial charge in [0.25, 0.3) is 0 Å². The van der Waals surface area contributed by atoms with Crippen LogP contribution in [0.25, 0.3) is 0 Å². The molecule has 1 aromatic carbocycles. The highest BCUT2D eigenvalue weighted by Crippen LogP contribution is 2.20. The van der Waals surface area contributed by atoms with E-state index in [1.54, 1.807) is 0 Å². The van der Waals surface area contributed by atoms with E-state index in [1.165, 1.54) is 5.56 Å². The van der Waals surface area contributed by atoms with Crippen LogP contribution in [-0.2, 0) is 11.2 Å². The van der Waals surface area contributed by atoms with Gasteiger partial charge in [-0.15, -0.1) is 0 Å². The zero-order chi connectivity index (χ0) is 13.0. The second-order valence-corrected chi connectivity index (χ2v) is 5.65. The fourth-order valence-corrected chi connectivity index (χ4v) is 3.07. The molecule has 0 aromatic heterocycles. The van der Waals surface area contributed by atoms with Gasteiger partial charge in [0.2, 0.25) is 5.91 Å². The number of primary amides is 1. The number of carbonyl (C=O) groups excluding carboxylic acids is 1. The lowest BCUT2D eigenvalue weighted by Crippen LogP contribution is -2.40. The largest absolute Gasteiger partial charge is 0.368 e. The SMILES string of the molecule is NC(=O)[C@H]1CCCN1CCCc1ccccc1Br. The van der Waals surface area contributed by atoms with Crippen molar-refractivity contribution in [2.45, 2.75) is 31.7 Å². The molecule has 1 fully saturated rings. The van der Waals surface area contributed by atoms with Crippen LogP contribution in [-0.4, -0.2) is 29.9 Å². The Kier molecular flexibility index (Phi) is 4.78. The molecule has 0 saturated carbocycles. The minimum Gasteiger partial charge on any atom is -0.368 e. The van der Waals surface area contributed by atoms with Crippen molar-refractivity contribution in [1.29, 1.82) is 0 Å². The van der Waals surface area contributed by atoms with E-state index in [0.717, 1.165) is 43.2 Å². The summed E-state index contributed by atoms with van der Waals surface area (Å²) in [5.74, 6) is -0.173. The molecule has 0 bridgehead atoms. The van der Waals surface area contributed by atoms with Crippen molar-refractivity contribution in [2.24, 2.45) is 5.73 Å². The van der Waals surface area contributed by atoms with E-state index in [9.17, 15) is 4.79 Å². The summed E-state index contributed by atoms with van der Waals surface area (Å²) in [6, 6.07) is 8.25. The number of likely N-dealkylation sites (tertiary alicyclic amines) is 1. The third kappa shape index (κ3) is 3.33. The highest BCUT2D eigenvalue weighted by Gasteiger charge is 2.28. The molecular weight excluding hydrogens is 292 g/mol. The molecule has 0 spiro atoms. The molecule has 1 aliphatic rings. The number of hydrogen-bond acceptors (Lipinski definition) is 2. The number of halogens is 1. The first-order valence-corrected chi connectivity index (χ1v) is 7.24. The molecule has 3 nitrogen and oxygen atoms in total. The van der Waals surface area contributed by atoms with Crippen LogP contribution in [0, 0.1) is 0 Å². The predicted molar refractivity (Wildman–Crippen MR) is 76.3 cm³/mol. The molecule has 1 saturated heterocycles. The normalized spacial score (nSPS) is 20.2. The summed E-state index contributed by atoms with van der Waals surface area (Å²) < 4.78 is 1.16. The predicted octanol–water partition coefficient (Wildman–Crippen LogP) is 2.33. The second kappa shape index (κ2) is 6.34. The maximum Gasteiger partial charge on any atom is 0.234 e. The average molecular weight is 311 g/mol. The molecule has 1 aliphatic heterocycles. The minimum atomic E-state index is -0.173. The topological polar surface area (TPSA) is 46.3 Å². The number of nitrogens with two attached hydrogens (primary N) is 1. The van der Waals surface area contributed by atoms with Gasteiger partial charge in [-0.05, 0) is 50.4 Å². The van der Waals surface area contributed by atoms with E-state index >= 15 is 0 Å². The van der Waals surface area contributed by atoms with Crippen molar-refractivity contribution in [2.75, 3.05) is 13.1 Å². The Bertz CT molecular complexity index is 422. The van der Waals surface area contributed by atoms with Crippen molar-refractivity contribution in [3.05, 3.63) is 34.3 Å². The van der Waals surface area contributed by atoms with Crippen LogP contribution in [0.5, 0.6) is 0 Å². The summed E-state index contributed by atoms with van der Waals surface area (Å²) in [6.45, 7) is 1.96. The molecule has 1 atom stereocenters. The van der Waals surface area contributed by atoms with Crippen molar-refractivity contribution < 1.29 is 4.79 Å². The van der Waals surface area contributed by atoms with Gasteiger partial charge in [-0.2, -0.15) is 0 Å². The number of aryl methyl sites for hydroxylation is 1. The molecule has 2 N–H and O–H groups in total. The molecule has 98 valence electrons. The quantitative estimate of drug-likeness (QED) is 0.907. The minimum absolute atomic E-state index is 0.0378. The highest BCUT2D eigenvalue weighted by atomic mass is 79.9. The Morgan fingerprint density at radius 3 is 2.94 bits per heavy atom. The maximum atomic E-state index is 11.3. The summed E-state index contributed by atoms with van der Waals surface area (Å²) in [7, 11) is 0. The first-order valence-electron chi connectivity index (χ1n) is 6.45. The summed E-state index contributed by atoms with van der Waals surface area (Å²) in [5, 5.41) is 0. The van der Waals surface area contributed by atoms with Gasteiger partial charge in [-0.1, -0.05) is 34.1 Å². The molecule has 0 unspecified atom stereocenters. The van der Waals surface area contributed by atoms with Gasteiger partial charge in [0.05, 0.1) is 6.04 Å². The highest BCUT2D eigenvalue weighted by molar-refractivity contribution is 9.10. The number of amides is 1. The van der Waals surface area contributed by atoms with Crippen LogP contribution in [0.4, 0.5) is 0 Å². The lowest BCUT2D eigenvalue weighted by atomic mass is 10.1. The van der Waals surface area contributed by atoms with Gasteiger partial charge >= 0.3 is 0 Å². The molecule has 18 heavy (non-hydrogen) atoms. The van der Waals surface area contributed by atoms with Crippen LogP contribution in [0.2, 0.25) is 0 Å². The maximum absolute atomic E-state index is 11.3. The van der Waals surface area contributed by atoms with E-state index in [-0.39, 0.29) is 11.9 Å². The smallest absolute Gasteiger partial charge is 0.234 e. The van der Waals surface area contributed by atoms with Crippen LogP contribution in [0.3, 0.4) is 0 Å². The molecule has 0 aliphatic carbocycles. The Morgan fingerprint density at radius 1 is 1.44 bits per heavy atom. The summed E-state index contributed by atoms with van der Waals surface area (Å²) in [4.78, 5) is 13.5. The first-order chi connectivity index (χ1) is 8.68. The van der Waals surface area contributed by atoms with E-state index in [1.807, 2.05) is 6.07 Å². The van der Waals surface area contributed by atoms with Gasteiger partial charge in [0.15, 0.2) is 0 Å². The molecule has 4 heteroatoms. The van der Waals surface area contributed by atoms with E-state index in [0.29, 0.717) is 0 Å². The van der Waals surface area contributed by atoms with E-state index < -0.39 is 0 Å². The van der Waals surface area contributed by atoms with Gasteiger partial charge < -0.3 is 5.73 Å². The fourth-order valence-electron chi connectivity index (χ4n) is 2.59. The van der Waals surface area contributed by atoms with Gasteiger partial charge in [0.1, 0.15) is 0 Å².